The maximum absolute atomic E-state index is 11.2. The van der Waals surface area contributed by atoms with Gasteiger partial charge in [-0.15, -0.1) is 0 Å². The van der Waals surface area contributed by atoms with Crippen LogP contribution in [0.4, 0.5) is 0 Å². The van der Waals surface area contributed by atoms with Crippen LogP contribution in [-0.2, 0) is 10.3 Å². The summed E-state index contributed by atoms with van der Waals surface area (Å²) in [6.45, 7) is 4.49. The Morgan fingerprint density at radius 3 is 3.05 bits per heavy atom. The van der Waals surface area contributed by atoms with Crippen molar-refractivity contribution in [2.75, 3.05) is 13.2 Å². The number of H-pyrrole nitrogens is 1. The van der Waals surface area contributed by atoms with E-state index >= 15 is 0 Å². The molecule has 1 atom stereocenters. The molecule has 0 aromatic carbocycles. The molecule has 1 unspecified atom stereocenters. The maximum Gasteiger partial charge on any atom is 0.258 e. The largest absolute Gasteiger partial charge is 0.379 e. The average Bonchev–Trinajstić information content (AvgIpc) is 2.87. The number of ether oxygens (including phenoxy) is 1. The van der Waals surface area contributed by atoms with E-state index in [9.17, 15) is 4.79 Å². The van der Waals surface area contributed by atoms with E-state index in [0.717, 1.165) is 0 Å². The van der Waals surface area contributed by atoms with Gasteiger partial charge in [-0.05, 0) is 19.9 Å². The summed E-state index contributed by atoms with van der Waals surface area (Å²) in [5.41, 5.74) is 5.55. The second-order valence-electron chi connectivity index (χ2n) is 4.42. The second-order valence-corrected chi connectivity index (χ2v) is 4.42. The molecule has 0 spiro atoms. The fourth-order valence-corrected chi connectivity index (χ4v) is 1.53. The molecule has 102 valence electrons. The molecule has 2 heterocycles. The van der Waals surface area contributed by atoms with Crippen LogP contribution in [-0.4, -0.2) is 28.3 Å². The number of aromatic amines is 1. The van der Waals surface area contributed by atoms with Gasteiger partial charge in [0, 0.05) is 24.4 Å². The van der Waals surface area contributed by atoms with Gasteiger partial charge in [-0.25, -0.2) is 0 Å². The topological polar surface area (TPSA) is 107 Å². The molecular weight excluding hydrogens is 248 g/mol. The minimum Gasteiger partial charge on any atom is -0.379 e. The van der Waals surface area contributed by atoms with Crippen molar-refractivity contribution in [3.05, 3.63) is 34.5 Å². The van der Waals surface area contributed by atoms with E-state index in [-0.39, 0.29) is 18.1 Å². The Labute approximate surface area is 109 Å². The summed E-state index contributed by atoms with van der Waals surface area (Å²) < 4.78 is 10.4. The van der Waals surface area contributed by atoms with Gasteiger partial charge in [-0.1, -0.05) is 5.16 Å². The highest BCUT2D eigenvalue weighted by atomic mass is 16.5. The Morgan fingerprint density at radius 1 is 1.58 bits per heavy atom. The molecule has 0 aliphatic rings. The predicted octanol–water partition coefficient (Wildman–Crippen LogP) is 0.635. The average molecular weight is 264 g/mol. The number of hydrogen-bond donors (Lipinski definition) is 2. The molecule has 0 aliphatic heterocycles. The molecule has 0 amide bonds. The van der Waals surface area contributed by atoms with Crippen LogP contribution < -0.4 is 11.3 Å². The Bertz CT molecular complexity index is 603. The third kappa shape index (κ3) is 3.07. The molecule has 2 rings (SSSR count). The summed E-state index contributed by atoms with van der Waals surface area (Å²) in [6.07, 6.45) is 1.52. The Kier molecular flexibility index (Phi) is 3.77. The lowest BCUT2D eigenvalue weighted by atomic mass is 10.1. The number of aromatic nitrogens is 3. The standard InChI is InChI=1S/C12H16N4O3/c1-3-18-7-12(2,13)11-15-10(19-16-11)8-4-5-14-9(17)6-8/h4-6H,3,7,13H2,1-2H3,(H,14,17). The van der Waals surface area contributed by atoms with Crippen LogP contribution in [0, 0.1) is 0 Å². The van der Waals surface area contributed by atoms with Crippen LogP contribution in [0.3, 0.4) is 0 Å². The molecule has 7 nitrogen and oxygen atoms in total. The number of rotatable bonds is 5. The van der Waals surface area contributed by atoms with E-state index in [4.69, 9.17) is 15.0 Å². The SMILES string of the molecule is CCOCC(C)(N)c1noc(-c2cc[nH]c(=O)c2)n1. The molecule has 0 saturated heterocycles. The number of hydrogen-bond acceptors (Lipinski definition) is 6. The van der Waals surface area contributed by atoms with Gasteiger partial charge in [0.05, 0.1) is 6.61 Å². The third-order valence-corrected chi connectivity index (χ3v) is 2.56. The van der Waals surface area contributed by atoms with Crippen molar-refractivity contribution in [1.29, 1.82) is 0 Å². The summed E-state index contributed by atoms with van der Waals surface area (Å²) in [5, 5.41) is 3.84. The quantitative estimate of drug-likeness (QED) is 0.820. The normalized spacial score (nSPS) is 14.3. The van der Waals surface area contributed by atoms with E-state index in [2.05, 4.69) is 15.1 Å². The molecule has 0 saturated carbocycles. The van der Waals surface area contributed by atoms with Crippen molar-refractivity contribution in [3.63, 3.8) is 0 Å². The summed E-state index contributed by atoms with van der Waals surface area (Å²) in [6, 6.07) is 3.06. The van der Waals surface area contributed by atoms with Crippen LogP contribution in [0.1, 0.15) is 19.7 Å². The monoisotopic (exact) mass is 264 g/mol. The molecule has 0 radical (unpaired) electrons. The smallest absolute Gasteiger partial charge is 0.258 e. The molecule has 0 aliphatic carbocycles. The summed E-state index contributed by atoms with van der Waals surface area (Å²) >= 11 is 0. The van der Waals surface area contributed by atoms with Crippen molar-refractivity contribution in [1.82, 2.24) is 15.1 Å². The highest BCUT2D eigenvalue weighted by Crippen LogP contribution is 2.20. The van der Waals surface area contributed by atoms with Crippen molar-refractivity contribution in [3.8, 4) is 11.5 Å². The van der Waals surface area contributed by atoms with Gasteiger partial charge in [-0.2, -0.15) is 4.98 Å². The van der Waals surface area contributed by atoms with Gasteiger partial charge in [0.1, 0.15) is 5.54 Å². The number of nitrogens with zero attached hydrogens (tertiary/aromatic N) is 2. The minimum atomic E-state index is -0.834. The molecule has 3 N–H and O–H groups in total. The van der Waals surface area contributed by atoms with Crippen LogP contribution >= 0.6 is 0 Å². The zero-order valence-electron chi connectivity index (χ0n) is 10.8. The first kappa shape index (κ1) is 13.4. The van der Waals surface area contributed by atoms with E-state index in [1.54, 1.807) is 13.0 Å². The zero-order valence-corrected chi connectivity index (χ0v) is 10.8. The van der Waals surface area contributed by atoms with Crippen molar-refractivity contribution >= 4 is 0 Å². The van der Waals surface area contributed by atoms with E-state index in [0.29, 0.717) is 18.0 Å². The molecule has 2 aromatic heterocycles. The van der Waals surface area contributed by atoms with Gasteiger partial charge in [0.15, 0.2) is 5.82 Å². The van der Waals surface area contributed by atoms with Gasteiger partial charge >= 0.3 is 0 Å². The van der Waals surface area contributed by atoms with Crippen molar-refractivity contribution < 1.29 is 9.26 Å². The lowest BCUT2D eigenvalue weighted by Crippen LogP contribution is -2.39. The van der Waals surface area contributed by atoms with Gasteiger partial charge in [0.2, 0.25) is 5.56 Å². The highest BCUT2D eigenvalue weighted by molar-refractivity contribution is 5.51. The highest BCUT2D eigenvalue weighted by Gasteiger charge is 2.28. The van der Waals surface area contributed by atoms with Crippen LogP contribution in [0.25, 0.3) is 11.5 Å². The Morgan fingerprint density at radius 2 is 2.37 bits per heavy atom. The molecule has 0 bridgehead atoms. The number of nitrogens with one attached hydrogen (secondary N) is 1. The predicted molar refractivity (Wildman–Crippen MR) is 68.4 cm³/mol. The Hall–Kier alpha value is -1.99. The minimum absolute atomic E-state index is 0.234. The van der Waals surface area contributed by atoms with Crippen molar-refractivity contribution in [2.24, 2.45) is 5.73 Å². The van der Waals surface area contributed by atoms with E-state index in [1.165, 1.54) is 12.3 Å². The molecule has 19 heavy (non-hydrogen) atoms. The first-order valence-corrected chi connectivity index (χ1v) is 5.93. The summed E-state index contributed by atoms with van der Waals surface area (Å²) in [7, 11) is 0. The molecule has 0 fully saturated rings. The van der Waals surface area contributed by atoms with E-state index < -0.39 is 5.54 Å². The first-order chi connectivity index (χ1) is 9.03. The molecular formula is C12H16N4O3. The molecule has 2 aromatic rings. The lowest BCUT2D eigenvalue weighted by molar-refractivity contribution is 0.0962. The second kappa shape index (κ2) is 5.33. The zero-order chi connectivity index (χ0) is 13.9. The number of pyridine rings is 1. The van der Waals surface area contributed by atoms with Gasteiger partial charge in [-0.3, -0.25) is 4.79 Å². The van der Waals surface area contributed by atoms with Gasteiger partial charge < -0.3 is 20.0 Å². The van der Waals surface area contributed by atoms with Gasteiger partial charge in [0.25, 0.3) is 5.89 Å². The summed E-state index contributed by atoms with van der Waals surface area (Å²) in [4.78, 5) is 17.9. The van der Waals surface area contributed by atoms with Crippen LogP contribution in [0.15, 0.2) is 27.6 Å². The van der Waals surface area contributed by atoms with Crippen LogP contribution in [0.5, 0.6) is 0 Å². The maximum atomic E-state index is 11.2. The molecule has 7 heteroatoms. The Balaban J connectivity index is 2.26. The van der Waals surface area contributed by atoms with Crippen molar-refractivity contribution in [2.45, 2.75) is 19.4 Å². The van der Waals surface area contributed by atoms with E-state index in [1.807, 2.05) is 6.92 Å². The third-order valence-electron chi connectivity index (χ3n) is 2.56. The van der Waals surface area contributed by atoms with Crippen LogP contribution in [0.2, 0.25) is 0 Å². The summed E-state index contributed by atoms with van der Waals surface area (Å²) in [5.74, 6) is 0.602. The fraction of sp³-hybridized carbons (Fsp3) is 0.417. The lowest BCUT2D eigenvalue weighted by Gasteiger charge is -2.19. The number of nitrogens with two attached hydrogens (primary N) is 1. The fourth-order valence-electron chi connectivity index (χ4n) is 1.53. The first-order valence-electron chi connectivity index (χ1n) is 5.93.